The molecule has 0 radical (unpaired) electrons. The maximum absolute atomic E-state index is 11.5. The monoisotopic (exact) mass is 493 g/mol. The summed E-state index contributed by atoms with van der Waals surface area (Å²) >= 11 is 0. The van der Waals surface area contributed by atoms with Crippen molar-refractivity contribution in [3.63, 3.8) is 0 Å². The van der Waals surface area contributed by atoms with E-state index in [2.05, 4.69) is 12.1 Å². The summed E-state index contributed by atoms with van der Waals surface area (Å²) in [6, 6.07) is 22.0. The fourth-order valence-electron chi connectivity index (χ4n) is 5.87. The topological polar surface area (TPSA) is 132 Å². The molecule has 3 aromatic carbocycles. The number of hydrogen-bond acceptors (Lipinski definition) is 7. The molecule has 2 bridgehead atoms. The number of ether oxygens (including phenoxy) is 2. The third kappa shape index (κ3) is 3.14. The van der Waals surface area contributed by atoms with Crippen LogP contribution in [0.2, 0.25) is 0 Å². The summed E-state index contributed by atoms with van der Waals surface area (Å²) in [5.74, 6) is 0.0816. The number of benzene rings is 3. The molecule has 2 aliphatic heterocycles. The van der Waals surface area contributed by atoms with Gasteiger partial charge in [-0.15, -0.1) is 0 Å². The van der Waals surface area contributed by atoms with E-state index in [4.69, 9.17) is 14.7 Å². The SMILES string of the molecule is C[C@@]12O[C@@](CCOc3ccc(C#N)cc3)(C[C@H]1O)c1c2c(O)n(-c2ccc3ccccc3c2C#N)c1O. The molecule has 0 unspecified atom stereocenters. The first-order valence-corrected chi connectivity index (χ1v) is 11.9. The molecule has 2 aliphatic rings. The van der Waals surface area contributed by atoms with Gasteiger partial charge in [0.2, 0.25) is 11.8 Å². The molecule has 8 heteroatoms. The maximum atomic E-state index is 11.5. The Morgan fingerprint density at radius 2 is 1.73 bits per heavy atom. The minimum absolute atomic E-state index is 0.207. The van der Waals surface area contributed by atoms with Crippen molar-refractivity contribution in [1.82, 2.24) is 4.57 Å². The molecular weight excluding hydrogens is 470 g/mol. The second-order valence-corrected chi connectivity index (χ2v) is 9.68. The van der Waals surface area contributed by atoms with Gasteiger partial charge in [0, 0.05) is 18.2 Å². The van der Waals surface area contributed by atoms with Gasteiger partial charge >= 0.3 is 0 Å². The molecule has 3 N–H and O–H groups in total. The summed E-state index contributed by atoms with van der Waals surface area (Å²) in [5, 5.41) is 54.4. The summed E-state index contributed by atoms with van der Waals surface area (Å²) in [6.45, 7) is 1.90. The van der Waals surface area contributed by atoms with E-state index in [0.717, 1.165) is 5.39 Å². The Bertz CT molecular complexity index is 1650. The Hall–Kier alpha value is -4.50. The lowest BCUT2D eigenvalue weighted by molar-refractivity contribution is -0.107. The smallest absolute Gasteiger partial charge is 0.205 e. The van der Waals surface area contributed by atoms with Crippen LogP contribution in [0.25, 0.3) is 16.5 Å². The number of fused-ring (bicyclic) bond motifs is 6. The van der Waals surface area contributed by atoms with Crippen LogP contribution in [-0.2, 0) is 15.9 Å². The average Bonchev–Trinajstić information content (AvgIpc) is 3.44. The molecule has 3 heterocycles. The Labute approximate surface area is 212 Å². The van der Waals surface area contributed by atoms with E-state index in [1.807, 2.05) is 30.3 Å². The van der Waals surface area contributed by atoms with Crippen molar-refractivity contribution in [2.45, 2.75) is 37.1 Å². The number of hydrogen-bond donors (Lipinski definition) is 3. The minimum Gasteiger partial charge on any atom is -0.494 e. The normalized spacial score (nSPS) is 23.5. The van der Waals surface area contributed by atoms with Crippen molar-refractivity contribution in [2.24, 2.45) is 0 Å². The Morgan fingerprint density at radius 1 is 1.00 bits per heavy atom. The Balaban J connectivity index is 1.42. The van der Waals surface area contributed by atoms with Crippen LogP contribution in [0.4, 0.5) is 0 Å². The van der Waals surface area contributed by atoms with Crippen LogP contribution in [-0.4, -0.2) is 32.6 Å². The average molecular weight is 494 g/mol. The molecule has 0 spiro atoms. The van der Waals surface area contributed by atoms with Gasteiger partial charge in [-0.05, 0) is 42.6 Å². The highest BCUT2D eigenvalue weighted by atomic mass is 16.6. The highest BCUT2D eigenvalue weighted by Crippen LogP contribution is 2.65. The van der Waals surface area contributed by atoms with E-state index in [1.54, 1.807) is 37.3 Å². The van der Waals surface area contributed by atoms with E-state index in [0.29, 0.717) is 45.5 Å². The summed E-state index contributed by atoms with van der Waals surface area (Å²) in [7, 11) is 0. The molecule has 8 nitrogen and oxygen atoms in total. The molecule has 0 saturated carbocycles. The highest BCUT2D eigenvalue weighted by molar-refractivity contribution is 5.91. The number of nitrogens with zero attached hydrogens (tertiary/aromatic N) is 3. The standard InChI is InChI=1S/C29H23N3O5/c1-28-23(33)14-29(37-28,12-13-36-19-9-6-17(15-30)7-10-19)25-24(28)26(34)32(27(25)35)22-11-8-18-4-2-3-5-20(18)21(22)16-31/h2-11,23,33-35H,12-14H2,1H3/t23-,28-,29+/m1/s1. The third-order valence-corrected chi connectivity index (χ3v) is 7.66. The molecule has 184 valence electrons. The van der Waals surface area contributed by atoms with Crippen molar-refractivity contribution in [3.05, 3.63) is 82.9 Å². The molecule has 1 fully saturated rings. The van der Waals surface area contributed by atoms with Crippen LogP contribution in [0.5, 0.6) is 17.5 Å². The van der Waals surface area contributed by atoms with Crippen molar-refractivity contribution in [1.29, 1.82) is 10.5 Å². The second kappa shape index (κ2) is 8.01. The number of aliphatic hydroxyl groups excluding tert-OH is 1. The third-order valence-electron chi connectivity index (χ3n) is 7.66. The van der Waals surface area contributed by atoms with Crippen molar-refractivity contribution in [2.75, 3.05) is 6.61 Å². The van der Waals surface area contributed by atoms with E-state index in [-0.39, 0.29) is 24.8 Å². The van der Waals surface area contributed by atoms with Gasteiger partial charge in [0.05, 0.1) is 46.7 Å². The van der Waals surface area contributed by atoms with E-state index >= 15 is 0 Å². The fraction of sp³-hybridized carbons (Fsp3) is 0.241. The Morgan fingerprint density at radius 3 is 2.46 bits per heavy atom. The zero-order chi connectivity index (χ0) is 25.9. The van der Waals surface area contributed by atoms with E-state index in [1.165, 1.54) is 4.57 Å². The van der Waals surface area contributed by atoms with Gasteiger partial charge in [-0.3, -0.25) is 0 Å². The number of aromatic nitrogens is 1. The van der Waals surface area contributed by atoms with E-state index in [9.17, 15) is 20.6 Å². The largest absolute Gasteiger partial charge is 0.494 e. The van der Waals surface area contributed by atoms with Gasteiger partial charge in [-0.1, -0.05) is 30.3 Å². The van der Waals surface area contributed by atoms with Crippen LogP contribution in [0, 0.1) is 22.7 Å². The van der Waals surface area contributed by atoms with Gasteiger partial charge in [0.1, 0.15) is 23.0 Å². The molecule has 4 aromatic rings. The molecule has 1 saturated heterocycles. The lowest BCUT2D eigenvalue weighted by atomic mass is 9.76. The summed E-state index contributed by atoms with van der Waals surface area (Å²) in [6.07, 6.45) is -0.400. The van der Waals surface area contributed by atoms with Crippen molar-refractivity contribution >= 4 is 10.8 Å². The lowest BCUT2D eigenvalue weighted by Crippen LogP contribution is -2.33. The predicted molar refractivity (Wildman–Crippen MR) is 133 cm³/mol. The molecule has 3 atom stereocenters. The predicted octanol–water partition coefficient (Wildman–Crippen LogP) is 4.46. The quantitative estimate of drug-likeness (QED) is 0.374. The number of aromatic hydroxyl groups is 2. The zero-order valence-corrected chi connectivity index (χ0v) is 20.0. The van der Waals surface area contributed by atoms with Gasteiger partial charge in [0.25, 0.3) is 0 Å². The fourth-order valence-corrected chi connectivity index (χ4v) is 5.87. The number of rotatable bonds is 5. The van der Waals surface area contributed by atoms with Crippen molar-refractivity contribution in [3.8, 4) is 35.3 Å². The zero-order valence-electron chi connectivity index (χ0n) is 20.0. The van der Waals surface area contributed by atoms with Crippen molar-refractivity contribution < 1.29 is 24.8 Å². The highest BCUT2D eigenvalue weighted by Gasteiger charge is 2.66. The minimum atomic E-state index is -1.24. The molecule has 6 rings (SSSR count). The first kappa shape index (κ1) is 22.9. The van der Waals surface area contributed by atoms with Gasteiger partial charge in [-0.2, -0.15) is 10.5 Å². The van der Waals surface area contributed by atoms with Crippen LogP contribution in [0.1, 0.15) is 42.0 Å². The van der Waals surface area contributed by atoms with Crippen LogP contribution in [0.3, 0.4) is 0 Å². The molecular formula is C29H23N3O5. The van der Waals surface area contributed by atoms with Gasteiger partial charge < -0.3 is 24.8 Å². The first-order valence-electron chi connectivity index (χ1n) is 11.9. The van der Waals surface area contributed by atoms with E-state index < -0.39 is 17.3 Å². The van der Waals surface area contributed by atoms with Gasteiger partial charge in [-0.25, -0.2) is 4.57 Å². The van der Waals surface area contributed by atoms with Crippen LogP contribution >= 0.6 is 0 Å². The number of aliphatic hydroxyl groups is 1. The maximum Gasteiger partial charge on any atom is 0.205 e. The molecule has 0 amide bonds. The summed E-state index contributed by atoms with van der Waals surface area (Å²) < 4.78 is 13.5. The number of nitriles is 2. The summed E-state index contributed by atoms with van der Waals surface area (Å²) in [4.78, 5) is 0. The first-order chi connectivity index (χ1) is 17.8. The second-order valence-electron chi connectivity index (χ2n) is 9.68. The van der Waals surface area contributed by atoms with Crippen LogP contribution in [0.15, 0.2) is 60.7 Å². The Kier molecular flexibility index (Phi) is 4.96. The van der Waals surface area contributed by atoms with Crippen LogP contribution < -0.4 is 4.74 Å². The summed E-state index contributed by atoms with van der Waals surface area (Å²) in [5.41, 5.74) is -0.428. The lowest BCUT2D eigenvalue weighted by Gasteiger charge is -2.26. The van der Waals surface area contributed by atoms with Gasteiger partial charge in [0.15, 0.2) is 0 Å². The molecule has 0 aliphatic carbocycles. The molecule has 37 heavy (non-hydrogen) atoms. The molecule has 1 aromatic heterocycles.